The van der Waals surface area contributed by atoms with Crippen molar-refractivity contribution in [2.45, 2.75) is 32.6 Å². The molecule has 0 heterocycles. The number of rotatable bonds is 1. The van der Waals surface area contributed by atoms with Crippen LogP contribution in [0.5, 0.6) is 0 Å². The monoisotopic (exact) mass is 237 g/mol. The molecule has 88 valence electrons. The molecule has 2 nitrogen and oxygen atoms in total. The van der Waals surface area contributed by atoms with Crippen LogP contribution in [0.3, 0.4) is 0 Å². The average molecular weight is 237 g/mol. The minimum atomic E-state index is -0.383. The predicted molar refractivity (Wildman–Crippen MR) is 69.6 cm³/mol. The van der Waals surface area contributed by atoms with Crippen LogP contribution in [0.1, 0.15) is 26.3 Å². The third-order valence-corrected chi connectivity index (χ3v) is 3.62. The molecule has 3 heteroatoms. The minimum absolute atomic E-state index is 0.0288. The summed E-state index contributed by atoms with van der Waals surface area (Å²) in [5.41, 5.74) is 0.842. The number of aryl methyl sites for hydroxylation is 1. The van der Waals surface area contributed by atoms with E-state index >= 15 is 0 Å². The van der Waals surface area contributed by atoms with Gasteiger partial charge >= 0.3 is 0 Å². The molecule has 1 amide bonds. The van der Waals surface area contributed by atoms with E-state index in [0.29, 0.717) is 0 Å². The minimum Gasteiger partial charge on any atom is -0.271 e. The summed E-state index contributed by atoms with van der Waals surface area (Å²) in [5.74, 6) is -0.0288. The van der Waals surface area contributed by atoms with Gasteiger partial charge in [0.05, 0.1) is 0 Å². The molecular formula is C13H19NOS. The van der Waals surface area contributed by atoms with Crippen molar-refractivity contribution in [1.29, 1.82) is 0 Å². The molecule has 1 unspecified atom stereocenters. The van der Waals surface area contributed by atoms with Gasteiger partial charge in [-0.25, -0.2) is 0 Å². The van der Waals surface area contributed by atoms with E-state index in [9.17, 15) is 4.79 Å². The maximum absolute atomic E-state index is 11.8. The Kier molecular flexibility index (Phi) is 4.03. The van der Waals surface area contributed by atoms with E-state index in [0.717, 1.165) is 4.90 Å². The lowest BCUT2D eigenvalue weighted by Gasteiger charge is -2.13. The number of carbonyl (C=O) groups is 1. The van der Waals surface area contributed by atoms with E-state index < -0.39 is 0 Å². The van der Waals surface area contributed by atoms with Crippen molar-refractivity contribution in [1.82, 2.24) is 0 Å². The maximum atomic E-state index is 11.8. The number of carbonyl (C=O) groups excluding carboxylic acids is 1. The van der Waals surface area contributed by atoms with Gasteiger partial charge in [-0.1, -0.05) is 49.2 Å². The molecule has 0 fully saturated rings. The molecule has 0 bridgehead atoms. The second-order valence-corrected chi connectivity index (χ2v) is 6.55. The molecule has 0 aliphatic heterocycles. The van der Waals surface area contributed by atoms with Crippen molar-refractivity contribution >= 4 is 16.6 Å². The molecule has 1 rings (SSSR count). The van der Waals surface area contributed by atoms with Gasteiger partial charge in [0, 0.05) is 10.3 Å². The van der Waals surface area contributed by atoms with Gasteiger partial charge in [-0.05, 0) is 25.3 Å². The zero-order chi connectivity index (χ0) is 12.3. The van der Waals surface area contributed by atoms with Crippen molar-refractivity contribution in [3.63, 3.8) is 0 Å². The molecule has 1 atom stereocenters. The highest BCUT2D eigenvalue weighted by Crippen LogP contribution is 2.17. The van der Waals surface area contributed by atoms with Gasteiger partial charge in [0.1, 0.15) is 0 Å². The third kappa shape index (κ3) is 3.56. The van der Waals surface area contributed by atoms with E-state index in [2.05, 4.69) is 23.4 Å². The van der Waals surface area contributed by atoms with Crippen molar-refractivity contribution in [3.05, 3.63) is 29.8 Å². The Balaban J connectivity index is 2.94. The molecule has 1 aromatic rings. The van der Waals surface area contributed by atoms with Crippen molar-refractivity contribution in [2.75, 3.05) is 6.26 Å². The van der Waals surface area contributed by atoms with Gasteiger partial charge in [0.15, 0.2) is 0 Å². The topological polar surface area (TPSA) is 29.4 Å². The van der Waals surface area contributed by atoms with Gasteiger partial charge in [-0.3, -0.25) is 4.79 Å². The number of nitrogens with zero attached hydrogens (tertiary/aromatic N) is 1. The second-order valence-electron chi connectivity index (χ2n) is 4.94. The molecule has 0 saturated heterocycles. The van der Waals surface area contributed by atoms with Crippen LogP contribution in [0.25, 0.3) is 0 Å². The zero-order valence-electron chi connectivity index (χ0n) is 10.6. The van der Waals surface area contributed by atoms with E-state index in [-0.39, 0.29) is 22.0 Å². The fourth-order valence-electron chi connectivity index (χ4n) is 1.05. The Bertz CT molecular complexity index is 413. The molecule has 16 heavy (non-hydrogen) atoms. The molecule has 0 aliphatic rings. The lowest BCUT2D eigenvalue weighted by atomic mass is 9.96. The van der Waals surface area contributed by atoms with Crippen LogP contribution in [0.15, 0.2) is 33.5 Å². The van der Waals surface area contributed by atoms with Crippen molar-refractivity contribution in [3.8, 4) is 0 Å². The summed E-state index contributed by atoms with van der Waals surface area (Å²) in [5, 5.41) is 0. The summed E-state index contributed by atoms with van der Waals surface area (Å²) in [4.78, 5) is 12.9. The van der Waals surface area contributed by atoms with Crippen LogP contribution in [0.4, 0.5) is 0 Å². The van der Waals surface area contributed by atoms with Crippen LogP contribution >= 0.6 is 0 Å². The molecule has 0 saturated carbocycles. The van der Waals surface area contributed by atoms with Crippen LogP contribution < -0.4 is 0 Å². The second kappa shape index (κ2) is 4.91. The molecule has 0 radical (unpaired) electrons. The van der Waals surface area contributed by atoms with Crippen molar-refractivity contribution < 1.29 is 4.79 Å². The SMILES string of the molecule is Cc1ccc(S(C)=NC(=O)C(C)(C)C)cc1. The summed E-state index contributed by atoms with van der Waals surface area (Å²) < 4.78 is 4.24. The normalized spacial score (nSPS) is 13.8. The van der Waals surface area contributed by atoms with Crippen LogP contribution in [-0.2, 0) is 15.5 Å². The van der Waals surface area contributed by atoms with Crippen LogP contribution in [-0.4, -0.2) is 12.2 Å². The van der Waals surface area contributed by atoms with E-state index in [1.165, 1.54) is 5.56 Å². The fraction of sp³-hybridized carbons (Fsp3) is 0.462. The smallest absolute Gasteiger partial charge is 0.257 e. The van der Waals surface area contributed by atoms with E-state index in [1.807, 2.05) is 39.2 Å². The van der Waals surface area contributed by atoms with Gasteiger partial charge < -0.3 is 0 Å². The van der Waals surface area contributed by atoms with Gasteiger partial charge in [-0.2, -0.15) is 4.36 Å². The molecule has 0 aliphatic carbocycles. The van der Waals surface area contributed by atoms with E-state index in [4.69, 9.17) is 0 Å². The fourth-order valence-corrected chi connectivity index (χ4v) is 2.21. The number of amides is 1. The van der Waals surface area contributed by atoms with Gasteiger partial charge in [-0.15, -0.1) is 0 Å². The predicted octanol–water partition coefficient (Wildman–Crippen LogP) is 3.36. The number of benzene rings is 1. The highest BCUT2D eigenvalue weighted by Gasteiger charge is 2.20. The maximum Gasteiger partial charge on any atom is 0.257 e. The highest BCUT2D eigenvalue weighted by molar-refractivity contribution is 7.86. The van der Waals surface area contributed by atoms with E-state index in [1.54, 1.807) is 0 Å². The first kappa shape index (κ1) is 13.1. The van der Waals surface area contributed by atoms with Gasteiger partial charge in [0.25, 0.3) is 5.91 Å². The summed E-state index contributed by atoms with van der Waals surface area (Å²) in [6, 6.07) is 8.18. The van der Waals surface area contributed by atoms with Crippen molar-refractivity contribution in [2.24, 2.45) is 9.78 Å². The largest absolute Gasteiger partial charge is 0.271 e. The molecule has 1 aromatic carbocycles. The third-order valence-electron chi connectivity index (χ3n) is 2.22. The Labute approximate surface area is 100 Å². The Morgan fingerprint density at radius 2 is 1.69 bits per heavy atom. The molecular weight excluding hydrogens is 218 g/mol. The Morgan fingerprint density at radius 1 is 1.19 bits per heavy atom. The number of hydrogen-bond acceptors (Lipinski definition) is 1. The standard InChI is InChI=1S/C13H19NOS/c1-10-6-8-11(9-7-10)16(5)14-12(15)13(2,3)4/h6-9H,1-5H3. The first-order valence-electron chi connectivity index (χ1n) is 5.29. The Hall–Kier alpha value is -0.960. The first-order chi connectivity index (χ1) is 7.30. The average Bonchev–Trinajstić information content (AvgIpc) is 2.17. The highest BCUT2D eigenvalue weighted by atomic mass is 32.2. The summed E-state index contributed by atoms with van der Waals surface area (Å²) in [7, 11) is -0.343. The molecule has 0 aromatic heterocycles. The van der Waals surface area contributed by atoms with Crippen LogP contribution in [0.2, 0.25) is 0 Å². The summed E-state index contributed by atoms with van der Waals surface area (Å²) in [6.07, 6.45) is 1.98. The van der Waals surface area contributed by atoms with Gasteiger partial charge in [0.2, 0.25) is 0 Å². The Morgan fingerprint density at radius 3 is 2.12 bits per heavy atom. The first-order valence-corrected chi connectivity index (χ1v) is 6.88. The lowest BCUT2D eigenvalue weighted by molar-refractivity contribution is -0.124. The quantitative estimate of drug-likeness (QED) is 0.736. The summed E-state index contributed by atoms with van der Waals surface area (Å²) >= 11 is 0. The molecule has 0 N–H and O–H groups in total. The van der Waals surface area contributed by atoms with Crippen LogP contribution in [0, 0.1) is 12.3 Å². The lowest BCUT2D eigenvalue weighted by Crippen LogP contribution is -2.18. The molecule has 0 spiro atoms. The number of hydrogen-bond donors (Lipinski definition) is 0. The summed E-state index contributed by atoms with van der Waals surface area (Å²) in [6.45, 7) is 7.73. The zero-order valence-corrected chi connectivity index (χ0v) is 11.4.